The van der Waals surface area contributed by atoms with Crippen molar-refractivity contribution in [2.45, 2.75) is 19.3 Å². The van der Waals surface area contributed by atoms with Crippen molar-refractivity contribution in [1.29, 1.82) is 0 Å². The van der Waals surface area contributed by atoms with Crippen LogP contribution in [0.5, 0.6) is 0 Å². The number of aliphatic carboxylic acids is 1. The summed E-state index contributed by atoms with van der Waals surface area (Å²) in [5.74, 6) is -1.02. The van der Waals surface area contributed by atoms with Crippen molar-refractivity contribution < 1.29 is 14.7 Å². The molecule has 4 nitrogen and oxygen atoms in total. The van der Waals surface area contributed by atoms with E-state index in [4.69, 9.17) is 5.11 Å². The normalized spacial score (nSPS) is 9.81. The zero-order chi connectivity index (χ0) is 12.0. The number of halogens is 1. The van der Waals surface area contributed by atoms with Gasteiger partial charge in [0.1, 0.15) is 0 Å². The number of carbonyl (C=O) groups excluding carboxylic acids is 1. The number of para-hydroxylation sites is 1. The topological polar surface area (TPSA) is 66.4 Å². The molecule has 2 N–H and O–H groups in total. The van der Waals surface area contributed by atoms with Gasteiger partial charge in [-0.25, -0.2) is 0 Å². The smallest absolute Gasteiger partial charge is 0.303 e. The highest BCUT2D eigenvalue weighted by molar-refractivity contribution is 14.1. The van der Waals surface area contributed by atoms with Crippen LogP contribution in [0.1, 0.15) is 19.3 Å². The van der Waals surface area contributed by atoms with E-state index in [1.54, 1.807) is 0 Å². The fraction of sp³-hybridized carbons (Fsp3) is 0.273. The fourth-order valence-corrected chi connectivity index (χ4v) is 1.70. The molecule has 0 unspecified atom stereocenters. The Labute approximate surface area is 107 Å². The Balaban J connectivity index is 2.40. The van der Waals surface area contributed by atoms with Gasteiger partial charge in [0.15, 0.2) is 0 Å². The number of anilines is 1. The van der Waals surface area contributed by atoms with Crippen LogP contribution >= 0.6 is 22.6 Å². The number of nitrogens with one attached hydrogen (secondary N) is 1. The van der Waals surface area contributed by atoms with Gasteiger partial charge in [0.2, 0.25) is 5.91 Å². The fourth-order valence-electron chi connectivity index (χ4n) is 1.18. The number of amides is 1. The van der Waals surface area contributed by atoms with Gasteiger partial charge in [-0.05, 0) is 41.1 Å². The second-order valence-corrected chi connectivity index (χ2v) is 4.44. The number of benzene rings is 1. The van der Waals surface area contributed by atoms with Crippen LogP contribution in [0.2, 0.25) is 0 Å². The Morgan fingerprint density at radius 2 is 1.94 bits per heavy atom. The first-order chi connectivity index (χ1) is 7.59. The predicted octanol–water partition coefficient (Wildman–Crippen LogP) is 2.48. The summed E-state index contributed by atoms with van der Waals surface area (Å²) in [6, 6.07) is 7.45. The lowest BCUT2D eigenvalue weighted by atomic mass is 10.2. The van der Waals surface area contributed by atoms with Crippen LogP contribution < -0.4 is 5.32 Å². The van der Waals surface area contributed by atoms with Gasteiger partial charge in [-0.2, -0.15) is 0 Å². The third kappa shape index (κ3) is 4.61. The van der Waals surface area contributed by atoms with Crippen LogP contribution in [0.3, 0.4) is 0 Å². The number of rotatable bonds is 5. The number of carbonyl (C=O) groups is 2. The highest BCUT2D eigenvalue weighted by Gasteiger charge is 2.05. The summed E-state index contributed by atoms with van der Waals surface area (Å²) in [7, 11) is 0. The average Bonchev–Trinajstić information content (AvgIpc) is 2.21. The number of hydrogen-bond donors (Lipinski definition) is 2. The van der Waals surface area contributed by atoms with E-state index in [0.717, 1.165) is 9.26 Å². The molecule has 0 bridgehead atoms. The largest absolute Gasteiger partial charge is 0.481 e. The highest BCUT2D eigenvalue weighted by atomic mass is 127. The van der Waals surface area contributed by atoms with Gasteiger partial charge >= 0.3 is 5.97 Å². The molecule has 0 heterocycles. The maximum Gasteiger partial charge on any atom is 0.303 e. The molecule has 0 atom stereocenters. The van der Waals surface area contributed by atoms with E-state index in [2.05, 4.69) is 27.9 Å². The van der Waals surface area contributed by atoms with E-state index in [9.17, 15) is 9.59 Å². The summed E-state index contributed by atoms with van der Waals surface area (Å²) in [5, 5.41) is 11.2. The van der Waals surface area contributed by atoms with Gasteiger partial charge in [-0.15, -0.1) is 0 Å². The Morgan fingerprint density at radius 3 is 2.56 bits per heavy atom. The molecule has 5 heteroatoms. The van der Waals surface area contributed by atoms with Gasteiger partial charge in [0.05, 0.1) is 5.69 Å². The van der Waals surface area contributed by atoms with Crippen LogP contribution in [0.4, 0.5) is 5.69 Å². The Bertz CT molecular complexity index is 393. The standard InChI is InChI=1S/C11H12INO3/c12-8-4-1-2-5-9(8)13-10(14)6-3-7-11(15)16/h1-2,4-5H,3,6-7H2,(H,13,14)(H,15,16). The quantitative estimate of drug-likeness (QED) is 0.814. The van der Waals surface area contributed by atoms with Crippen molar-refractivity contribution in [3.05, 3.63) is 27.8 Å². The molecule has 1 amide bonds. The van der Waals surface area contributed by atoms with Gasteiger partial charge in [-0.3, -0.25) is 9.59 Å². The van der Waals surface area contributed by atoms with E-state index >= 15 is 0 Å². The summed E-state index contributed by atoms with van der Waals surface area (Å²) in [6.45, 7) is 0. The first-order valence-corrected chi connectivity index (χ1v) is 5.93. The lowest BCUT2D eigenvalue weighted by molar-refractivity contribution is -0.137. The molecule has 1 aromatic rings. The van der Waals surface area contributed by atoms with Crippen LogP contribution in [0, 0.1) is 3.57 Å². The summed E-state index contributed by atoms with van der Waals surface area (Å²) >= 11 is 2.13. The van der Waals surface area contributed by atoms with Gasteiger partial charge in [-0.1, -0.05) is 12.1 Å². The first kappa shape index (κ1) is 13.0. The summed E-state index contributed by atoms with van der Waals surface area (Å²) in [5.41, 5.74) is 0.767. The van der Waals surface area contributed by atoms with E-state index in [-0.39, 0.29) is 18.7 Å². The van der Waals surface area contributed by atoms with Crippen molar-refractivity contribution in [3.8, 4) is 0 Å². The molecule has 0 radical (unpaired) electrons. The molecule has 0 aliphatic rings. The lowest BCUT2D eigenvalue weighted by Gasteiger charge is -2.06. The molecule has 1 rings (SSSR count). The molecular formula is C11H12INO3. The molecule has 0 saturated carbocycles. The number of hydrogen-bond acceptors (Lipinski definition) is 2. The van der Waals surface area contributed by atoms with Crippen LogP contribution in [0.15, 0.2) is 24.3 Å². The minimum absolute atomic E-state index is 0.0271. The molecule has 86 valence electrons. The molecule has 0 aliphatic heterocycles. The van der Waals surface area contributed by atoms with Crippen LogP contribution in [-0.2, 0) is 9.59 Å². The first-order valence-electron chi connectivity index (χ1n) is 4.86. The highest BCUT2D eigenvalue weighted by Crippen LogP contribution is 2.17. The van der Waals surface area contributed by atoms with Crippen LogP contribution in [0.25, 0.3) is 0 Å². The number of carboxylic acids is 1. The van der Waals surface area contributed by atoms with E-state index < -0.39 is 5.97 Å². The van der Waals surface area contributed by atoms with Crippen LogP contribution in [-0.4, -0.2) is 17.0 Å². The monoisotopic (exact) mass is 333 g/mol. The maximum absolute atomic E-state index is 11.4. The third-order valence-corrected chi connectivity index (χ3v) is 2.88. The van der Waals surface area contributed by atoms with Gasteiger partial charge in [0.25, 0.3) is 0 Å². The van der Waals surface area contributed by atoms with Crippen molar-refractivity contribution in [2.24, 2.45) is 0 Å². The Hall–Kier alpha value is -1.11. The minimum Gasteiger partial charge on any atom is -0.481 e. The van der Waals surface area contributed by atoms with Crippen molar-refractivity contribution in [1.82, 2.24) is 0 Å². The predicted molar refractivity (Wildman–Crippen MR) is 69.3 cm³/mol. The molecule has 0 aliphatic carbocycles. The molecular weight excluding hydrogens is 321 g/mol. The van der Waals surface area contributed by atoms with Crippen molar-refractivity contribution in [3.63, 3.8) is 0 Å². The number of carboxylic acid groups (broad SMARTS) is 1. The van der Waals surface area contributed by atoms with Crippen molar-refractivity contribution in [2.75, 3.05) is 5.32 Å². The molecule has 1 aromatic carbocycles. The summed E-state index contributed by atoms with van der Waals surface area (Å²) in [6.07, 6.45) is 0.626. The summed E-state index contributed by atoms with van der Waals surface area (Å²) < 4.78 is 0.965. The summed E-state index contributed by atoms with van der Waals surface area (Å²) in [4.78, 5) is 21.7. The van der Waals surface area contributed by atoms with Crippen molar-refractivity contribution >= 4 is 40.2 Å². The molecule has 0 saturated heterocycles. The lowest BCUT2D eigenvalue weighted by Crippen LogP contribution is -2.12. The second kappa shape index (κ2) is 6.47. The maximum atomic E-state index is 11.4. The zero-order valence-corrected chi connectivity index (χ0v) is 10.7. The molecule has 0 spiro atoms. The van der Waals surface area contributed by atoms with Gasteiger partial charge < -0.3 is 10.4 Å². The van der Waals surface area contributed by atoms with E-state index in [1.807, 2.05) is 24.3 Å². The zero-order valence-electron chi connectivity index (χ0n) is 8.57. The van der Waals surface area contributed by atoms with E-state index in [1.165, 1.54) is 0 Å². The van der Waals surface area contributed by atoms with E-state index in [0.29, 0.717) is 6.42 Å². The SMILES string of the molecule is O=C(O)CCCC(=O)Nc1ccccc1I. The second-order valence-electron chi connectivity index (χ2n) is 3.28. The van der Waals surface area contributed by atoms with Gasteiger partial charge in [0, 0.05) is 16.4 Å². The molecule has 16 heavy (non-hydrogen) atoms. The minimum atomic E-state index is -0.873. The average molecular weight is 333 g/mol. The molecule has 0 aromatic heterocycles. The third-order valence-electron chi connectivity index (χ3n) is 1.94. The Morgan fingerprint density at radius 1 is 1.25 bits per heavy atom. The Kier molecular flexibility index (Phi) is 5.24. The molecule has 0 fully saturated rings.